The molecule has 0 aromatic heterocycles. The summed E-state index contributed by atoms with van der Waals surface area (Å²) in [4.78, 5) is 21.2. The second kappa shape index (κ2) is 5.99. The molecule has 21 heavy (non-hydrogen) atoms. The Hall–Kier alpha value is -2.31. The predicted octanol–water partition coefficient (Wildman–Crippen LogP) is 4.39. The van der Waals surface area contributed by atoms with E-state index in [-0.39, 0.29) is 32.8 Å². The average molecular weight is 328 g/mol. The summed E-state index contributed by atoms with van der Waals surface area (Å²) in [5, 5.41) is 20.0. The van der Waals surface area contributed by atoms with Gasteiger partial charge >= 0.3 is 5.97 Å². The largest absolute Gasteiger partial charge is 0.478 e. The molecule has 1 N–H and O–H groups in total. The van der Waals surface area contributed by atoms with Crippen molar-refractivity contribution >= 4 is 34.9 Å². The van der Waals surface area contributed by atoms with Gasteiger partial charge in [-0.1, -0.05) is 23.2 Å². The molecule has 0 unspecified atom stereocenters. The summed E-state index contributed by atoms with van der Waals surface area (Å²) < 4.78 is 5.40. The van der Waals surface area contributed by atoms with Crippen molar-refractivity contribution in [1.29, 1.82) is 0 Å². The van der Waals surface area contributed by atoms with Crippen LogP contribution in [0.3, 0.4) is 0 Å². The molecule has 8 heteroatoms. The maximum Gasteiger partial charge on any atom is 0.339 e. The lowest BCUT2D eigenvalue weighted by atomic mass is 10.2. The average Bonchev–Trinajstić information content (AvgIpc) is 2.42. The maximum atomic E-state index is 11.1. The van der Waals surface area contributed by atoms with Crippen LogP contribution in [-0.2, 0) is 0 Å². The molecule has 0 fully saturated rings. The highest BCUT2D eigenvalue weighted by Gasteiger charge is 2.16. The summed E-state index contributed by atoms with van der Waals surface area (Å²) in [6.07, 6.45) is 0. The summed E-state index contributed by atoms with van der Waals surface area (Å²) in [5.41, 5.74) is -0.334. The van der Waals surface area contributed by atoms with Crippen molar-refractivity contribution in [2.45, 2.75) is 0 Å². The van der Waals surface area contributed by atoms with Gasteiger partial charge in [-0.2, -0.15) is 0 Å². The summed E-state index contributed by atoms with van der Waals surface area (Å²) >= 11 is 11.6. The van der Waals surface area contributed by atoms with E-state index in [0.717, 1.165) is 6.07 Å². The van der Waals surface area contributed by atoms with E-state index in [2.05, 4.69) is 0 Å². The Labute approximate surface area is 128 Å². The summed E-state index contributed by atoms with van der Waals surface area (Å²) in [7, 11) is 0. The van der Waals surface area contributed by atoms with Crippen LogP contribution in [0.4, 0.5) is 5.69 Å². The fourth-order valence-corrected chi connectivity index (χ4v) is 1.95. The normalized spacial score (nSPS) is 10.2. The number of carboxylic acid groups (broad SMARTS) is 1. The van der Waals surface area contributed by atoms with Crippen molar-refractivity contribution in [1.82, 2.24) is 0 Å². The molecular weight excluding hydrogens is 321 g/mol. The van der Waals surface area contributed by atoms with Crippen LogP contribution < -0.4 is 4.74 Å². The van der Waals surface area contributed by atoms with Crippen LogP contribution in [0, 0.1) is 10.1 Å². The topological polar surface area (TPSA) is 89.7 Å². The summed E-state index contributed by atoms with van der Waals surface area (Å²) in [6.45, 7) is 0. The molecule has 0 heterocycles. The van der Waals surface area contributed by atoms with Gasteiger partial charge in [-0.15, -0.1) is 0 Å². The molecule has 0 aliphatic carbocycles. The van der Waals surface area contributed by atoms with Gasteiger partial charge in [-0.25, -0.2) is 4.79 Å². The maximum absolute atomic E-state index is 11.1. The molecule has 0 aliphatic heterocycles. The molecule has 0 bridgehead atoms. The van der Waals surface area contributed by atoms with Gasteiger partial charge in [0.25, 0.3) is 5.69 Å². The fraction of sp³-hybridized carbons (Fsp3) is 0. The Balaban J connectivity index is 2.39. The third-order valence-corrected chi connectivity index (χ3v) is 3.05. The quantitative estimate of drug-likeness (QED) is 0.664. The van der Waals surface area contributed by atoms with Crippen LogP contribution >= 0.6 is 23.2 Å². The van der Waals surface area contributed by atoms with E-state index in [1.165, 1.54) is 30.3 Å². The van der Waals surface area contributed by atoms with Crippen molar-refractivity contribution < 1.29 is 19.6 Å². The van der Waals surface area contributed by atoms with Crippen molar-refractivity contribution in [2.24, 2.45) is 0 Å². The monoisotopic (exact) mass is 327 g/mol. The minimum absolute atomic E-state index is 0.00418. The minimum Gasteiger partial charge on any atom is -0.478 e. The highest BCUT2D eigenvalue weighted by atomic mass is 35.5. The molecule has 0 aliphatic rings. The highest BCUT2D eigenvalue weighted by Crippen LogP contribution is 2.34. The molecule has 0 amide bonds. The van der Waals surface area contributed by atoms with Crippen LogP contribution in [0.25, 0.3) is 0 Å². The Morgan fingerprint density at radius 3 is 2.38 bits per heavy atom. The Morgan fingerprint density at radius 2 is 1.81 bits per heavy atom. The van der Waals surface area contributed by atoms with E-state index in [9.17, 15) is 14.9 Å². The second-order valence-electron chi connectivity index (χ2n) is 3.92. The van der Waals surface area contributed by atoms with E-state index in [4.69, 9.17) is 33.0 Å². The molecule has 0 saturated carbocycles. The second-order valence-corrected chi connectivity index (χ2v) is 4.76. The van der Waals surface area contributed by atoms with Crippen LogP contribution in [-0.4, -0.2) is 16.0 Å². The predicted molar refractivity (Wildman–Crippen MR) is 76.6 cm³/mol. The van der Waals surface area contributed by atoms with Gasteiger partial charge in [0.2, 0.25) is 0 Å². The zero-order valence-electron chi connectivity index (χ0n) is 10.2. The lowest BCUT2D eigenvalue weighted by molar-refractivity contribution is -0.384. The first-order chi connectivity index (χ1) is 9.88. The number of nitro benzene ring substituents is 1. The number of nitrogens with zero attached hydrogens (tertiary/aromatic N) is 1. The Bertz CT molecular complexity index is 732. The number of halogens is 2. The molecule has 0 saturated heterocycles. The minimum atomic E-state index is -1.22. The van der Waals surface area contributed by atoms with E-state index in [1.54, 1.807) is 0 Å². The molecule has 108 valence electrons. The van der Waals surface area contributed by atoms with Crippen molar-refractivity contribution in [3.05, 3.63) is 62.1 Å². The number of non-ortho nitro benzene ring substituents is 1. The first-order valence-electron chi connectivity index (χ1n) is 5.53. The molecule has 2 aromatic rings. The van der Waals surface area contributed by atoms with Gasteiger partial charge in [0.1, 0.15) is 17.1 Å². The van der Waals surface area contributed by atoms with Crippen molar-refractivity contribution in [3.8, 4) is 11.5 Å². The first kappa shape index (κ1) is 15.1. The smallest absolute Gasteiger partial charge is 0.339 e. The number of nitro groups is 1. The molecule has 0 spiro atoms. The fourth-order valence-electron chi connectivity index (χ4n) is 1.56. The highest BCUT2D eigenvalue weighted by molar-refractivity contribution is 6.32. The van der Waals surface area contributed by atoms with Gasteiger partial charge in [0, 0.05) is 17.2 Å². The van der Waals surface area contributed by atoms with Gasteiger partial charge in [-0.3, -0.25) is 10.1 Å². The van der Waals surface area contributed by atoms with Gasteiger partial charge in [0.05, 0.1) is 9.95 Å². The number of carboxylic acids is 1. The summed E-state index contributed by atoms with van der Waals surface area (Å²) in [5.74, 6) is -1.08. The molecule has 0 atom stereocenters. The number of rotatable bonds is 4. The van der Waals surface area contributed by atoms with Crippen LogP contribution in [0.1, 0.15) is 10.4 Å². The number of carbonyl (C=O) groups is 1. The van der Waals surface area contributed by atoms with Gasteiger partial charge < -0.3 is 9.84 Å². The SMILES string of the molecule is O=C(O)c1cc(Cl)ccc1Oc1ccc([N+](=O)[O-])cc1Cl. The molecule has 2 aromatic carbocycles. The van der Waals surface area contributed by atoms with Gasteiger partial charge in [-0.05, 0) is 24.3 Å². The van der Waals surface area contributed by atoms with E-state index < -0.39 is 10.9 Å². The van der Waals surface area contributed by atoms with Crippen LogP contribution in [0.2, 0.25) is 10.0 Å². The zero-order chi connectivity index (χ0) is 15.6. The number of hydrogen-bond donors (Lipinski definition) is 1. The lowest BCUT2D eigenvalue weighted by Crippen LogP contribution is -2.00. The van der Waals surface area contributed by atoms with Crippen molar-refractivity contribution in [2.75, 3.05) is 0 Å². The zero-order valence-corrected chi connectivity index (χ0v) is 11.8. The molecule has 2 rings (SSSR count). The number of benzene rings is 2. The third kappa shape index (κ3) is 3.42. The summed E-state index contributed by atoms with van der Waals surface area (Å²) in [6, 6.07) is 7.69. The number of aromatic carboxylic acids is 1. The number of hydrogen-bond acceptors (Lipinski definition) is 4. The van der Waals surface area contributed by atoms with E-state index in [0.29, 0.717) is 0 Å². The Morgan fingerprint density at radius 1 is 1.14 bits per heavy atom. The molecule has 0 radical (unpaired) electrons. The van der Waals surface area contributed by atoms with E-state index >= 15 is 0 Å². The standard InChI is InChI=1S/C13H7Cl2NO5/c14-7-1-3-11(9(5-7)13(17)18)21-12-4-2-8(16(19)20)6-10(12)15/h1-6H,(H,17,18). The van der Waals surface area contributed by atoms with E-state index in [1.807, 2.05) is 0 Å². The van der Waals surface area contributed by atoms with Crippen LogP contribution in [0.15, 0.2) is 36.4 Å². The van der Waals surface area contributed by atoms with Crippen molar-refractivity contribution in [3.63, 3.8) is 0 Å². The number of ether oxygens (including phenoxy) is 1. The van der Waals surface area contributed by atoms with Crippen LogP contribution in [0.5, 0.6) is 11.5 Å². The molecular formula is C13H7Cl2NO5. The van der Waals surface area contributed by atoms with Gasteiger partial charge in [0.15, 0.2) is 0 Å². The molecule has 6 nitrogen and oxygen atoms in total. The third-order valence-electron chi connectivity index (χ3n) is 2.52. The lowest BCUT2D eigenvalue weighted by Gasteiger charge is -2.10. The first-order valence-corrected chi connectivity index (χ1v) is 6.28. The Kier molecular flexibility index (Phi) is 4.30.